The van der Waals surface area contributed by atoms with Gasteiger partial charge >= 0.3 is 0 Å². The number of benzene rings is 2. The molecule has 0 aromatic heterocycles. The first-order valence-corrected chi connectivity index (χ1v) is 10.2. The first-order valence-electron chi connectivity index (χ1n) is 10.2. The van der Waals surface area contributed by atoms with Crippen LogP contribution in [0.2, 0.25) is 0 Å². The number of nitrogens with one attached hydrogen (secondary N) is 2. The van der Waals surface area contributed by atoms with Crippen LogP contribution in [0.1, 0.15) is 53.3 Å². The maximum Gasteiger partial charge on any atom is 0.255 e. The van der Waals surface area contributed by atoms with Crippen molar-refractivity contribution in [2.45, 2.75) is 38.7 Å². The Bertz CT molecular complexity index is 797. The van der Waals surface area contributed by atoms with Gasteiger partial charge in [-0.2, -0.15) is 0 Å². The molecule has 0 bridgehead atoms. The van der Waals surface area contributed by atoms with Crippen molar-refractivity contribution >= 4 is 17.5 Å². The average molecular weight is 396 g/mol. The molecule has 1 saturated heterocycles. The van der Waals surface area contributed by atoms with Crippen molar-refractivity contribution in [3.63, 3.8) is 0 Å². The fourth-order valence-corrected chi connectivity index (χ4v) is 3.06. The molecule has 3 rings (SSSR count). The molecule has 1 fully saturated rings. The highest BCUT2D eigenvalue weighted by atomic mass is 16.5. The van der Waals surface area contributed by atoms with E-state index in [-0.39, 0.29) is 17.9 Å². The molecule has 2 aromatic carbocycles. The maximum absolute atomic E-state index is 12.4. The zero-order valence-corrected chi connectivity index (χ0v) is 16.8. The van der Waals surface area contributed by atoms with Gasteiger partial charge in [0.05, 0.1) is 12.7 Å². The number of unbranched alkanes of at least 4 members (excludes halogenated alkanes) is 1. The molecule has 2 aromatic rings. The first-order chi connectivity index (χ1) is 14.2. The zero-order chi connectivity index (χ0) is 20.5. The first kappa shape index (κ1) is 20.9. The van der Waals surface area contributed by atoms with Gasteiger partial charge in [0.2, 0.25) is 0 Å². The van der Waals surface area contributed by atoms with Gasteiger partial charge < -0.3 is 20.1 Å². The van der Waals surface area contributed by atoms with Crippen molar-refractivity contribution in [1.29, 1.82) is 0 Å². The molecule has 0 radical (unpaired) electrons. The van der Waals surface area contributed by atoms with E-state index in [0.29, 0.717) is 30.0 Å². The van der Waals surface area contributed by atoms with E-state index in [1.54, 1.807) is 48.5 Å². The molecule has 29 heavy (non-hydrogen) atoms. The Morgan fingerprint density at radius 3 is 2.38 bits per heavy atom. The van der Waals surface area contributed by atoms with Crippen molar-refractivity contribution < 1.29 is 19.1 Å². The van der Waals surface area contributed by atoms with Gasteiger partial charge in [-0.3, -0.25) is 9.59 Å². The predicted molar refractivity (Wildman–Crippen MR) is 113 cm³/mol. The summed E-state index contributed by atoms with van der Waals surface area (Å²) in [4.78, 5) is 24.6. The lowest BCUT2D eigenvalue weighted by molar-refractivity contribution is 0.0857. The molecule has 1 atom stereocenters. The SMILES string of the molecule is CCCCOc1ccc(C(=O)Nc2ccc(C(=O)NCC3CCCO3)cc2)cc1. The standard InChI is InChI=1S/C23H28N2O4/c1-2-3-14-28-20-12-8-18(9-13-20)23(27)25-19-10-6-17(7-11-19)22(26)24-16-21-5-4-15-29-21/h6-13,21H,2-5,14-16H2,1H3,(H,24,26)(H,25,27). The van der Waals surface area contributed by atoms with Crippen LogP contribution in [0.5, 0.6) is 5.75 Å². The number of hydrogen-bond acceptors (Lipinski definition) is 4. The summed E-state index contributed by atoms with van der Waals surface area (Å²) in [5.74, 6) is 0.408. The largest absolute Gasteiger partial charge is 0.494 e. The van der Waals surface area contributed by atoms with Gasteiger partial charge in [-0.1, -0.05) is 13.3 Å². The highest BCUT2D eigenvalue weighted by molar-refractivity contribution is 6.04. The number of rotatable bonds is 9. The molecule has 6 heteroatoms. The minimum atomic E-state index is -0.208. The molecule has 1 aliphatic rings. The van der Waals surface area contributed by atoms with Crippen molar-refractivity contribution in [2.24, 2.45) is 0 Å². The highest BCUT2D eigenvalue weighted by Gasteiger charge is 2.16. The van der Waals surface area contributed by atoms with Crippen molar-refractivity contribution in [3.8, 4) is 5.75 Å². The Balaban J connectivity index is 1.49. The van der Waals surface area contributed by atoms with Gasteiger partial charge in [-0.05, 0) is 67.8 Å². The summed E-state index contributed by atoms with van der Waals surface area (Å²) in [6.07, 6.45) is 4.22. The second-order valence-electron chi connectivity index (χ2n) is 7.10. The van der Waals surface area contributed by atoms with Crippen LogP contribution in [0.15, 0.2) is 48.5 Å². The van der Waals surface area contributed by atoms with Crippen LogP contribution >= 0.6 is 0 Å². The summed E-state index contributed by atoms with van der Waals surface area (Å²) in [5.41, 5.74) is 1.73. The van der Waals surface area contributed by atoms with Crippen LogP contribution in [0, 0.1) is 0 Å². The van der Waals surface area contributed by atoms with Crippen LogP contribution in [0.3, 0.4) is 0 Å². The van der Waals surface area contributed by atoms with Crippen LogP contribution < -0.4 is 15.4 Å². The molecular formula is C23H28N2O4. The summed E-state index contributed by atoms with van der Waals surface area (Å²) < 4.78 is 11.1. The lowest BCUT2D eigenvalue weighted by Crippen LogP contribution is -2.31. The molecule has 1 unspecified atom stereocenters. The smallest absolute Gasteiger partial charge is 0.255 e. The van der Waals surface area contributed by atoms with E-state index >= 15 is 0 Å². The van der Waals surface area contributed by atoms with E-state index in [9.17, 15) is 9.59 Å². The Kier molecular flexibility index (Phi) is 7.64. The highest BCUT2D eigenvalue weighted by Crippen LogP contribution is 2.16. The minimum absolute atomic E-state index is 0.112. The van der Waals surface area contributed by atoms with E-state index in [1.165, 1.54) is 0 Å². The average Bonchev–Trinajstić information content (AvgIpc) is 3.27. The maximum atomic E-state index is 12.4. The van der Waals surface area contributed by atoms with E-state index < -0.39 is 0 Å². The third-order valence-corrected chi connectivity index (χ3v) is 4.80. The molecule has 0 saturated carbocycles. The quantitative estimate of drug-likeness (QED) is 0.628. The summed E-state index contributed by atoms with van der Waals surface area (Å²) in [6, 6.07) is 13.9. The Morgan fingerprint density at radius 1 is 1.03 bits per heavy atom. The topological polar surface area (TPSA) is 76.7 Å². The lowest BCUT2D eigenvalue weighted by atomic mass is 10.1. The number of hydrogen-bond donors (Lipinski definition) is 2. The summed E-state index contributed by atoms with van der Waals surface area (Å²) >= 11 is 0. The van der Waals surface area contributed by atoms with E-state index in [4.69, 9.17) is 9.47 Å². The fourth-order valence-electron chi connectivity index (χ4n) is 3.06. The molecule has 0 aliphatic carbocycles. The second kappa shape index (κ2) is 10.6. The third kappa shape index (κ3) is 6.32. The number of carbonyl (C=O) groups excluding carboxylic acids is 2. The van der Waals surface area contributed by atoms with Gasteiger partial charge in [0.15, 0.2) is 0 Å². The van der Waals surface area contributed by atoms with Gasteiger partial charge in [0, 0.05) is 30.0 Å². The molecule has 154 valence electrons. The van der Waals surface area contributed by atoms with Crippen molar-refractivity contribution in [2.75, 3.05) is 25.1 Å². The van der Waals surface area contributed by atoms with Gasteiger partial charge in [0.25, 0.3) is 11.8 Å². The number of amides is 2. The Labute approximate surface area is 171 Å². The predicted octanol–water partition coefficient (Wildman–Crippen LogP) is 4.03. The summed E-state index contributed by atoms with van der Waals surface area (Å²) in [7, 11) is 0. The molecular weight excluding hydrogens is 368 g/mol. The van der Waals surface area contributed by atoms with Crippen molar-refractivity contribution in [3.05, 3.63) is 59.7 Å². The third-order valence-electron chi connectivity index (χ3n) is 4.80. The molecule has 2 N–H and O–H groups in total. The van der Waals surface area contributed by atoms with E-state index in [2.05, 4.69) is 17.6 Å². The molecule has 6 nitrogen and oxygen atoms in total. The van der Waals surface area contributed by atoms with Crippen LogP contribution in [0.4, 0.5) is 5.69 Å². The van der Waals surface area contributed by atoms with Gasteiger partial charge in [-0.15, -0.1) is 0 Å². The Morgan fingerprint density at radius 2 is 1.72 bits per heavy atom. The Hall–Kier alpha value is -2.86. The monoisotopic (exact) mass is 396 g/mol. The normalized spacial score (nSPS) is 15.7. The lowest BCUT2D eigenvalue weighted by Gasteiger charge is -2.11. The number of carbonyl (C=O) groups is 2. The zero-order valence-electron chi connectivity index (χ0n) is 16.8. The second-order valence-corrected chi connectivity index (χ2v) is 7.10. The van der Waals surface area contributed by atoms with Crippen LogP contribution in [-0.2, 0) is 4.74 Å². The molecule has 2 amide bonds. The van der Waals surface area contributed by atoms with E-state index in [0.717, 1.165) is 38.0 Å². The minimum Gasteiger partial charge on any atom is -0.494 e. The van der Waals surface area contributed by atoms with Gasteiger partial charge in [-0.25, -0.2) is 0 Å². The number of ether oxygens (including phenoxy) is 2. The molecule has 0 spiro atoms. The fraction of sp³-hybridized carbons (Fsp3) is 0.391. The van der Waals surface area contributed by atoms with Crippen LogP contribution in [-0.4, -0.2) is 37.7 Å². The van der Waals surface area contributed by atoms with E-state index in [1.807, 2.05) is 0 Å². The molecule has 1 aliphatic heterocycles. The van der Waals surface area contributed by atoms with Gasteiger partial charge in [0.1, 0.15) is 5.75 Å². The number of anilines is 1. The molecule has 1 heterocycles. The van der Waals surface area contributed by atoms with Crippen LogP contribution in [0.25, 0.3) is 0 Å². The summed E-state index contributed by atoms with van der Waals surface area (Å²) in [6.45, 7) is 4.08. The summed E-state index contributed by atoms with van der Waals surface area (Å²) in [5, 5.41) is 5.73. The van der Waals surface area contributed by atoms with Crippen molar-refractivity contribution in [1.82, 2.24) is 5.32 Å².